The zero-order chi connectivity index (χ0) is 16.7. The first-order valence-corrected chi connectivity index (χ1v) is 8.74. The van der Waals surface area contributed by atoms with E-state index in [1.54, 1.807) is 0 Å². The Kier molecular flexibility index (Phi) is 3.81. The fourth-order valence-electron chi connectivity index (χ4n) is 3.72. The van der Waals surface area contributed by atoms with E-state index in [0.29, 0.717) is 0 Å². The molecule has 0 fully saturated rings. The van der Waals surface area contributed by atoms with Crippen LogP contribution in [0.4, 0.5) is 0 Å². The molecule has 1 aromatic carbocycles. The van der Waals surface area contributed by atoms with Crippen LogP contribution in [0, 0.1) is 6.92 Å². The number of hydrogen-bond acceptors (Lipinski definition) is 2. The summed E-state index contributed by atoms with van der Waals surface area (Å²) in [4.78, 5) is 2.19. The molecular weight excluding hydrogens is 294 g/mol. The number of aryl methyl sites for hydroxylation is 1. The van der Waals surface area contributed by atoms with Crippen molar-refractivity contribution in [3.05, 3.63) is 64.5 Å². The van der Waals surface area contributed by atoms with Gasteiger partial charge in [0.25, 0.3) is 0 Å². The molecule has 0 amide bonds. The van der Waals surface area contributed by atoms with E-state index in [9.17, 15) is 0 Å². The third kappa shape index (κ3) is 2.59. The van der Waals surface area contributed by atoms with E-state index in [2.05, 4.69) is 78.4 Å². The maximum atomic E-state index is 3.53. The number of allylic oxidation sites excluding steroid dienone is 3. The maximum absolute atomic E-state index is 3.53. The summed E-state index contributed by atoms with van der Waals surface area (Å²) < 4.78 is 2.42. The fraction of sp³-hybridized carbons (Fsp3) is 0.333. The number of rotatable bonds is 2. The van der Waals surface area contributed by atoms with Crippen LogP contribution in [0.15, 0.2) is 47.7 Å². The van der Waals surface area contributed by atoms with Crippen LogP contribution in [0.1, 0.15) is 23.7 Å². The summed E-state index contributed by atoms with van der Waals surface area (Å²) in [5.41, 5.74) is 8.23. The van der Waals surface area contributed by atoms with Crippen LogP contribution >= 0.6 is 0 Å². The molecule has 3 heteroatoms. The molecule has 0 unspecified atom stereocenters. The molecule has 0 radical (unpaired) electrons. The standard InChI is InChI=1S/C21H25N3/c1-15-4-5-20-18(12-15)19-13-22-9-6-21(19)24(20)14-16(2)17-7-10-23(3)11-8-17/h4-5,7-8,10,12,14,22H,6,9,11,13H2,1-3H3. The minimum Gasteiger partial charge on any atom is -0.377 e. The zero-order valence-electron chi connectivity index (χ0n) is 14.8. The van der Waals surface area contributed by atoms with E-state index in [1.165, 1.54) is 38.9 Å². The lowest BCUT2D eigenvalue weighted by Crippen LogP contribution is -2.24. The van der Waals surface area contributed by atoms with Gasteiger partial charge in [0, 0.05) is 50.4 Å². The molecule has 124 valence electrons. The molecule has 0 saturated heterocycles. The number of aromatic nitrogens is 1. The summed E-state index contributed by atoms with van der Waals surface area (Å²) in [6.45, 7) is 7.40. The van der Waals surface area contributed by atoms with Crippen LogP contribution < -0.4 is 5.32 Å². The van der Waals surface area contributed by atoms with E-state index >= 15 is 0 Å². The summed E-state index contributed by atoms with van der Waals surface area (Å²) in [6.07, 6.45) is 10.1. The Balaban J connectivity index is 1.84. The first-order valence-electron chi connectivity index (χ1n) is 8.74. The summed E-state index contributed by atoms with van der Waals surface area (Å²) >= 11 is 0. The molecule has 4 rings (SSSR count). The van der Waals surface area contributed by atoms with Gasteiger partial charge < -0.3 is 14.8 Å². The fourth-order valence-corrected chi connectivity index (χ4v) is 3.72. The third-order valence-corrected chi connectivity index (χ3v) is 5.10. The molecule has 0 atom stereocenters. The Bertz CT molecular complexity index is 880. The van der Waals surface area contributed by atoms with Gasteiger partial charge in [-0.1, -0.05) is 17.7 Å². The van der Waals surface area contributed by atoms with Crippen molar-refractivity contribution in [2.75, 3.05) is 20.1 Å². The Labute approximate surface area is 144 Å². The van der Waals surface area contributed by atoms with Crippen molar-refractivity contribution in [2.45, 2.75) is 26.8 Å². The van der Waals surface area contributed by atoms with E-state index in [-0.39, 0.29) is 0 Å². The van der Waals surface area contributed by atoms with Crippen molar-refractivity contribution < 1.29 is 0 Å². The van der Waals surface area contributed by atoms with E-state index < -0.39 is 0 Å². The van der Waals surface area contributed by atoms with Gasteiger partial charge in [-0.3, -0.25) is 0 Å². The molecule has 2 aliphatic heterocycles. The third-order valence-electron chi connectivity index (χ3n) is 5.10. The lowest BCUT2D eigenvalue weighted by atomic mass is 10.0. The molecule has 1 N–H and O–H groups in total. The van der Waals surface area contributed by atoms with Crippen molar-refractivity contribution in [2.24, 2.45) is 0 Å². The molecule has 2 aliphatic rings. The number of nitrogens with zero attached hydrogens (tertiary/aromatic N) is 2. The number of fused-ring (bicyclic) bond motifs is 3. The Morgan fingerprint density at radius 3 is 2.96 bits per heavy atom. The normalized spacial score (nSPS) is 18.0. The SMILES string of the molecule is CC(=Cn1c2c(c3cc(C)ccc31)CNCC2)C1=CCN(C)C=C1. The average molecular weight is 319 g/mol. The van der Waals surface area contributed by atoms with Gasteiger partial charge >= 0.3 is 0 Å². The number of nitrogens with one attached hydrogen (secondary N) is 1. The highest BCUT2D eigenvalue weighted by Gasteiger charge is 2.19. The van der Waals surface area contributed by atoms with Gasteiger partial charge in [-0.2, -0.15) is 0 Å². The van der Waals surface area contributed by atoms with Crippen LogP contribution in [0.2, 0.25) is 0 Å². The molecule has 3 heterocycles. The topological polar surface area (TPSA) is 20.2 Å². The van der Waals surface area contributed by atoms with Gasteiger partial charge in [0.05, 0.1) is 5.52 Å². The van der Waals surface area contributed by atoms with E-state index in [4.69, 9.17) is 0 Å². The molecule has 0 aliphatic carbocycles. The predicted molar refractivity (Wildman–Crippen MR) is 102 cm³/mol. The predicted octanol–water partition coefficient (Wildman–Crippen LogP) is 3.84. The molecule has 0 spiro atoms. The molecule has 1 aromatic heterocycles. The summed E-state index contributed by atoms with van der Waals surface area (Å²) in [5, 5.41) is 4.92. The van der Waals surface area contributed by atoms with Gasteiger partial charge in [-0.25, -0.2) is 0 Å². The average Bonchev–Trinajstić information content (AvgIpc) is 2.89. The molecule has 3 nitrogen and oxygen atoms in total. The summed E-state index contributed by atoms with van der Waals surface area (Å²) in [6, 6.07) is 6.82. The van der Waals surface area contributed by atoms with Gasteiger partial charge in [0.1, 0.15) is 0 Å². The first-order chi connectivity index (χ1) is 11.6. The Morgan fingerprint density at radius 2 is 2.17 bits per heavy atom. The number of hydrogen-bond donors (Lipinski definition) is 1. The minimum absolute atomic E-state index is 0.975. The van der Waals surface area contributed by atoms with E-state index in [1.807, 2.05) is 0 Å². The first kappa shape index (κ1) is 15.3. The van der Waals surface area contributed by atoms with Crippen molar-refractivity contribution in [1.82, 2.24) is 14.8 Å². The second kappa shape index (κ2) is 5.99. The van der Waals surface area contributed by atoms with Crippen LogP contribution in [0.3, 0.4) is 0 Å². The van der Waals surface area contributed by atoms with Crippen molar-refractivity contribution in [1.29, 1.82) is 0 Å². The van der Waals surface area contributed by atoms with Crippen LogP contribution in [-0.4, -0.2) is 29.6 Å². The van der Waals surface area contributed by atoms with Gasteiger partial charge in [-0.15, -0.1) is 0 Å². The van der Waals surface area contributed by atoms with Gasteiger partial charge in [0.2, 0.25) is 0 Å². The smallest absolute Gasteiger partial charge is 0.0529 e. The minimum atomic E-state index is 0.975. The summed E-state index contributed by atoms with van der Waals surface area (Å²) in [7, 11) is 2.11. The zero-order valence-corrected chi connectivity index (χ0v) is 14.8. The van der Waals surface area contributed by atoms with E-state index in [0.717, 1.165) is 26.1 Å². The van der Waals surface area contributed by atoms with Crippen molar-refractivity contribution >= 4 is 17.1 Å². The van der Waals surface area contributed by atoms with Crippen LogP contribution in [-0.2, 0) is 13.0 Å². The largest absolute Gasteiger partial charge is 0.377 e. The highest BCUT2D eigenvalue weighted by atomic mass is 15.1. The van der Waals surface area contributed by atoms with Gasteiger partial charge in [-0.05, 0) is 55.0 Å². The molecule has 2 aromatic rings. The lowest BCUT2D eigenvalue weighted by molar-refractivity contribution is 0.503. The highest BCUT2D eigenvalue weighted by Crippen LogP contribution is 2.31. The molecule has 0 saturated carbocycles. The monoisotopic (exact) mass is 319 g/mol. The van der Waals surface area contributed by atoms with Crippen LogP contribution in [0.5, 0.6) is 0 Å². The summed E-state index contributed by atoms with van der Waals surface area (Å²) in [5.74, 6) is 0. The second-order valence-electron chi connectivity index (χ2n) is 6.97. The second-order valence-corrected chi connectivity index (χ2v) is 6.97. The van der Waals surface area contributed by atoms with Crippen molar-refractivity contribution in [3.8, 4) is 0 Å². The molecule has 0 bridgehead atoms. The molecular formula is C21H25N3. The number of benzene rings is 1. The van der Waals surface area contributed by atoms with Crippen LogP contribution in [0.25, 0.3) is 17.1 Å². The highest BCUT2D eigenvalue weighted by molar-refractivity contribution is 5.88. The Morgan fingerprint density at radius 1 is 1.29 bits per heavy atom. The van der Waals surface area contributed by atoms with Crippen molar-refractivity contribution in [3.63, 3.8) is 0 Å². The Hall–Kier alpha value is -2.26. The maximum Gasteiger partial charge on any atom is 0.0529 e. The quantitative estimate of drug-likeness (QED) is 0.907. The molecule has 24 heavy (non-hydrogen) atoms. The number of likely N-dealkylation sites (N-methyl/N-ethyl adjacent to an activating group) is 1. The van der Waals surface area contributed by atoms with Gasteiger partial charge in [0.15, 0.2) is 0 Å². The lowest BCUT2D eigenvalue weighted by Gasteiger charge is -2.18.